The van der Waals surface area contributed by atoms with Gasteiger partial charge in [0.2, 0.25) is 0 Å². The van der Waals surface area contributed by atoms with Gasteiger partial charge in [0.1, 0.15) is 0 Å². The fourth-order valence-electron chi connectivity index (χ4n) is 2.15. The van der Waals surface area contributed by atoms with Gasteiger partial charge in [0.25, 0.3) is 5.69 Å². The summed E-state index contributed by atoms with van der Waals surface area (Å²) in [7, 11) is 0. The van der Waals surface area contributed by atoms with E-state index in [1.54, 1.807) is 12.1 Å². The first kappa shape index (κ1) is 13.6. The van der Waals surface area contributed by atoms with Crippen LogP contribution in [0.1, 0.15) is 32.6 Å². The summed E-state index contributed by atoms with van der Waals surface area (Å²) in [6.45, 7) is 3.80. The second-order valence-electron chi connectivity index (χ2n) is 5.13. The maximum absolute atomic E-state index is 10.9. The lowest BCUT2D eigenvalue weighted by Crippen LogP contribution is -2.20. The van der Waals surface area contributed by atoms with Crippen molar-refractivity contribution in [3.05, 3.63) is 28.3 Å². The summed E-state index contributed by atoms with van der Waals surface area (Å²) in [5.41, 5.74) is 1.78. The highest BCUT2D eigenvalue weighted by molar-refractivity contribution is 5.63. The Bertz CT molecular complexity index is 444. The molecular formula is C14H21N3O2. The highest BCUT2D eigenvalue weighted by atomic mass is 16.6. The van der Waals surface area contributed by atoms with E-state index < -0.39 is 0 Å². The van der Waals surface area contributed by atoms with Crippen LogP contribution >= 0.6 is 0 Å². The minimum absolute atomic E-state index is 0.136. The largest absolute Gasteiger partial charge is 0.385 e. The third-order valence-electron chi connectivity index (χ3n) is 3.53. The Morgan fingerprint density at radius 1 is 1.26 bits per heavy atom. The number of anilines is 2. The van der Waals surface area contributed by atoms with Crippen LogP contribution in [0.2, 0.25) is 0 Å². The average molecular weight is 263 g/mol. The quantitative estimate of drug-likeness (QED) is 0.582. The molecule has 0 radical (unpaired) electrons. The maximum atomic E-state index is 10.9. The van der Waals surface area contributed by atoms with Gasteiger partial charge in [0, 0.05) is 36.6 Å². The number of rotatable bonds is 7. The molecule has 1 aromatic rings. The molecule has 5 nitrogen and oxygen atoms in total. The Kier molecular flexibility index (Phi) is 4.60. The monoisotopic (exact) mass is 263 g/mol. The Balaban J connectivity index is 2.05. The molecule has 0 amide bonds. The van der Waals surface area contributed by atoms with Crippen LogP contribution in [0.5, 0.6) is 0 Å². The lowest BCUT2D eigenvalue weighted by atomic mass is 9.85. The van der Waals surface area contributed by atoms with Gasteiger partial charge < -0.3 is 10.6 Å². The molecule has 1 aromatic carbocycles. The number of nitrogens with zero attached hydrogens (tertiary/aromatic N) is 1. The van der Waals surface area contributed by atoms with Crippen LogP contribution in [0.3, 0.4) is 0 Å². The number of benzene rings is 1. The predicted molar refractivity (Wildman–Crippen MR) is 77.7 cm³/mol. The zero-order chi connectivity index (χ0) is 13.7. The number of nitro benzene ring substituents is 1. The van der Waals surface area contributed by atoms with Gasteiger partial charge in [-0.25, -0.2) is 0 Å². The van der Waals surface area contributed by atoms with Crippen LogP contribution < -0.4 is 10.6 Å². The first-order chi connectivity index (χ1) is 9.19. The Morgan fingerprint density at radius 3 is 2.47 bits per heavy atom. The van der Waals surface area contributed by atoms with E-state index >= 15 is 0 Å². The van der Waals surface area contributed by atoms with Crippen molar-refractivity contribution in [2.24, 2.45) is 5.92 Å². The van der Waals surface area contributed by atoms with Crippen molar-refractivity contribution in [3.63, 3.8) is 0 Å². The molecule has 0 aromatic heterocycles. The van der Waals surface area contributed by atoms with Crippen molar-refractivity contribution < 1.29 is 4.92 Å². The summed E-state index contributed by atoms with van der Waals surface area (Å²) in [5, 5.41) is 17.5. The molecule has 0 spiro atoms. The van der Waals surface area contributed by atoms with Crippen molar-refractivity contribution in [1.82, 2.24) is 0 Å². The second-order valence-corrected chi connectivity index (χ2v) is 5.13. The van der Waals surface area contributed by atoms with Gasteiger partial charge in [0.15, 0.2) is 0 Å². The van der Waals surface area contributed by atoms with E-state index in [0.29, 0.717) is 0 Å². The van der Waals surface area contributed by atoms with E-state index in [0.717, 1.165) is 36.8 Å². The molecule has 0 saturated heterocycles. The first-order valence-corrected chi connectivity index (χ1v) is 6.96. The molecule has 0 heterocycles. The average Bonchev–Trinajstić information content (AvgIpc) is 2.34. The molecule has 5 heteroatoms. The first-order valence-electron chi connectivity index (χ1n) is 6.96. The van der Waals surface area contributed by atoms with Gasteiger partial charge >= 0.3 is 0 Å². The zero-order valence-electron chi connectivity index (χ0n) is 11.3. The summed E-state index contributed by atoms with van der Waals surface area (Å²) in [6.07, 6.45) is 4.84. The molecule has 1 fully saturated rings. The minimum Gasteiger partial charge on any atom is -0.385 e. The maximum Gasteiger partial charge on any atom is 0.273 e. The summed E-state index contributed by atoms with van der Waals surface area (Å²) >= 11 is 0. The summed E-state index contributed by atoms with van der Waals surface area (Å²) in [4.78, 5) is 10.6. The van der Waals surface area contributed by atoms with Crippen molar-refractivity contribution in [2.45, 2.75) is 32.6 Å². The molecular weight excluding hydrogens is 242 g/mol. The molecule has 1 aliphatic carbocycles. The number of nitrogens with one attached hydrogen (secondary N) is 2. The van der Waals surface area contributed by atoms with Gasteiger partial charge in [-0.2, -0.15) is 0 Å². The number of hydrogen-bond donors (Lipinski definition) is 2. The van der Waals surface area contributed by atoms with Crippen LogP contribution in [0.25, 0.3) is 0 Å². The molecule has 2 N–H and O–H groups in total. The lowest BCUT2D eigenvalue weighted by Gasteiger charge is -2.25. The topological polar surface area (TPSA) is 67.2 Å². The fourth-order valence-corrected chi connectivity index (χ4v) is 2.15. The lowest BCUT2D eigenvalue weighted by molar-refractivity contribution is -0.384. The molecule has 104 valence electrons. The van der Waals surface area contributed by atoms with E-state index in [-0.39, 0.29) is 10.6 Å². The third-order valence-corrected chi connectivity index (χ3v) is 3.53. The Hall–Kier alpha value is -1.78. The molecule has 2 rings (SSSR count). The van der Waals surface area contributed by atoms with Gasteiger partial charge in [-0.3, -0.25) is 10.1 Å². The second kappa shape index (κ2) is 6.41. The third kappa shape index (κ3) is 3.84. The normalized spacial score (nSPS) is 14.8. The van der Waals surface area contributed by atoms with Gasteiger partial charge in [-0.15, -0.1) is 0 Å². The van der Waals surface area contributed by atoms with Crippen LogP contribution in [-0.4, -0.2) is 18.0 Å². The van der Waals surface area contributed by atoms with Crippen LogP contribution in [0, 0.1) is 16.0 Å². The van der Waals surface area contributed by atoms with E-state index in [9.17, 15) is 10.1 Å². The highest BCUT2D eigenvalue weighted by Crippen LogP contribution is 2.28. The molecule has 0 atom stereocenters. The van der Waals surface area contributed by atoms with Crippen molar-refractivity contribution in [1.29, 1.82) is 0 Å². The summed E-state index contributed by atoms with van der Waals surface area (Å²) < 4.78 is 0. The molecule has 0 bridgehead atoms. The minimum atomic E-state index is -0.342. The highest BCUT2D eigenvalue weighted by Gasteiger charge is 2.17. The van der Waals surface area contributed by atoms with E-state index in [1.165, 1.54) is 19.3 Å². The zero-order valence-corrected chi connectivity index (χ0v) is 11.3. The van der Waals surface area contributed by atoms with Gasteiger partial charge in [0.05, 0.1) is 4.92 Å². The number of hydrogen-bond acceptors (Lipinski definition) is 4. The molecule has 0 unspecified atom stereocenters. The van der Waals surface area contributed by atoms with E-state index in [1.807, 2.05) is 6.07 Å². The van der Waals surface area contributed by atoms with Crippen LogP contribution in [0.4, 0.5) is 17.1 Å². The Labute approximate surface area is 113 Å². The predicted octanol–water partition coefficient (Wildman–Crippen LogP) is 3.63. The molecule has 0 aliphatic heterocycles. The fraction of sp³-hybridized carbons (Fsp3) is 0.571. The molecule has 1 aliphatic rings. The summed E-state index contributed by atoms with van der Waals surface area (Å²) in [6, 6.07) is 5.14. The molecule has 19 heavy (non-hydrogen) atoms. The number of nitro groups is 1. The number of non-ortho nitro benzene ring substituents is 1. The van der Waals surface area contributed by atoms with Crippen LogP contribution in [0.15, 0.2) is 18.2 Å². The van der Waals surface area contributed by atoms with Gasteiger partial charge in [-0.05, 0) is 31.2 Å². The van der Waals surface area contributed by atoms with Crippen LogP contribution in [-0.2, 0) is 0 Å². The van der Waals surface area contributed by atoms with Crippen molar-refractivity contribution in [3.8, 4) is 0 Å². The Morgan fingerprint density at radius 2 is 1.95 bits per heavy atom. The SMILES string of the molecule is CCCNc1cc(NCC2CCC2)cc([N+](=O)[O-])c1. The summed E-state index contributed by atoms with van der Waals surface area (Å²) in [5.74, 6) is 0.728. The van der Waals surface area contributed by atoms with Crippen molar-refractivity contribution in [2.75, 3.05) is 23.7 Å². The van der Waals surface area contributed by atoms with E-state index in [2.05, 4.69) is 17.6 Å². The van der Waals surface area contributed by atoms with E-state index in [4.69, 9.17) is 0 Å². The standard InChI is InChI=1S/C14H21N3O2/c1-2-6-15-12-7-13(9-14(8-12)17(18)19)16-10-11-4-3-5-11/h7-9,11,15-16H,2-6,10H2,1H3. The smallest absolute Gasteiger partial charge is 0.273 e. The molecule has 1 saturated carbocycles. The van der Waals surface area contributed by atoms with Crippen molar-refractivity contribution >= 4 is 17.1 Å². The van der Waals surface area contributed by atoms with Gasteiger partial charge in [-0.1, -0.05) is 13.3 Å².